The van der Waals surface area contributed by atoms with E-state index in [-0.39, 0.29) is 17.3 Å². The number of halogens is 1. The zero-order valence-corrected chi connectivity index (χ0v) is 13.3. The van der Waals surface area contributed by atoms with Crippen molar-refractivity contribution < 1.29 is 14.3 Å². The molecule has 0 saturated carbocycles. The lowest BCUT2D eigenvalue weighted by Gasteiger charge is -2.40. The molecule has 1 aliphatic carbocycles. The summed E-state index contributed by atoms with van der Waals surface area (Å²) in [7, 11) is 0. The minimum Gasteiger partial charge on any atom is -0.465 e. The zero-order chi connectivity index (χ0) is 16.6. The Morgan fingerprint density at radius 2 is 1.83 bits per heavy atom. The Hall–Kier alpha value is -2.36. The predicted molar refractivity (Wildman–Crippen MR) is 87.8 cm³/mol. The van der Waals surface area contributed by atoms with E-state index in [0.717, 1.165) is 29.5 Å². The van der Waals surface area contributed by atoms with Crippen LogP contribution in [0.3, 0.4) is 0 Å². The van der Waals surface area contributed by atoms with Gasteiger partial charge in [-0.15, -0.1) is 0 Å². The van der Waals surface area contributed by atoms with Crippen LogP contribution in [0.2, 0.25) is 0 Å². The Morgan fingerprint density at radius 1 is 1.17 bits per heavy atom. The standard InChI is InChI=1S/C19H20FNO2/c1-19(2)10-9-13-3-4-14(12-5-7-15(20)8-6-12)11-16(13)17(19)21-18(22)23/h3-8,11,17,21H,9-10H2,1-2H3,(H,22,23)/t17-/m1/s1. The van der Waals surface area contributed by atoms with Crippen molar-refractivity contribution in [3.63, 3.8) is 0 Å². The quantitative estimate of drug-likeness (QED) is 0.838. The van der Waals surface area contributed by atoms with E-state index in [1.807, 2.05) is 12.1 Å². The Kier molecular flexibility index (Phi) is 3.84. The Morgan fingerprint density at radius 3 is 2.48 bits per heavy atom. The van der Waals surface area contributed by atoms with Crippen LogP contribution in [0.5, 0.6) is 0 Å². The topological polar surface area (TPSA) is 49.3 Å². The summed E-state index contributed by atoms with van der Waals surface area (Å²) in [5, 5.41) is 11.9. The van der Waals surface area contributed by atoms with Gasteiger partial charge in [0.15, 0.2) is 0 Å². The van der Waals surface area contributed by atoms with Crippen molar-refractivity contribution in [1.29, 1.82) is 0 Å². The SMILES string of the molecule is CC1(C)CCc2ccc(-c3ccc(F)cc3)cc2[C@H]1NC(=O)O. The Labute approximate surface area is 135 Å². The summed E-state index contributed by atoms with van der Waals surface area (Å²) in [6.45, 7) is 4.17. The molecule has 2 N–H and O–H groups in total. The number of rotatable bonds is 2. The Balaban J connectivity index is 2.06. The van der Waals surface area contributed by atoms with E-state index >= 15 is 0 Å². The molecule has 1 amide bonds. The van der Waals surface area contributed by atoms with Gasteiger partial charge in [-0.25, -0.2) is 9.18 Å². The van der Waals surface area contributed by atoms with Gasteiger partial charge in [0.05, 0.1) is 6.04 Å². The van der Waals surface area contributed by atoms with E-state index < -0.39 is 6.09 Å². The first kappa shape index (κ1) is 15.5. The van der Waals surface area contributed by atoms with E-state index in [2.05, 4.69) is 25.2 Å². The summed E-state index contributed by atoms with van der Waals surface area (Å²) >= 11 is 0. The number of aryl methyl sites for hydroxylation is 1. The number of hydrogen-bond acceptors (Lipinski definition) is 1. The second kappa shape index (κ2) is 5.69. The van der Waals surface area contributed by atoms with Gasteiger partial charge in [0, 0.05) is 0 Å². The molecule has 0 unspecified atom stereocenters. The smallest absolute Gasteiger partial charge is 0.405 e. The fraction of sp³-hybridized carbons (Fsp3) is 0.316. The third-order valence-electron chi connectivity index (χ3n) is 4.72. The fourth-order valence-corrected chi connectivity index (χ4v) is 3.33. The highest BCUT2D eigenvalue weighted by molar-refractivity contribution is 5.68. The number of hydrogen-bond donors (Lipinski definition) is 2. The molecule has 0 aliphatic heterocycles. The van der Waals surface area contributed by atoms with Crippen LogP contribution in [0.4, 0.5) is 9.18 Å². The molecule has 0 aromatic heterocycles. The van der Waals surface area contributed by atoms with Crippen molar-refractivity contribution >= 4 is 6.09 Å². The fourth-order valence-electron chi connectivity index (χ4n) is 3.33. The molecular formula is C19H20FNO2. The minimum atomic E-state index is -1.01. The van der Waals surface area contributed by atoms with E-state index in [9.17, 15) is 14.3 Å². The number of nitrogens with one attached hydrogen (secondary N) is 1. The number of carboxylic acid groups (broad SMARTS) is 1. The van der Waals surface area contributed by atoms with Crippen molar-refractivity contribution in [1.82, 2.24) is 5.32 Å². The van der Waals surface area contributed by atoms with Gasteiger partial charge in [0.2, 0.25) is 0 Å². The minimum absolute atomic E-state index is 0.146. The summed E-state index contributed by atoms with van der Waals surface area (Å²) in [6, 6.07) is 12.2. The van der Waals surface area contributed by atoms with Gasteiger partial charge in [-0.2, -0.15) is 0 Å². The van der Waals surface area contributed by atoms with Crippen LogP contribution < -0.4 is 5.32 Å². The second-order valence-electron chi connectivity index (χ2n) is 6.79. The van der Waals surface area contributed by atoms with Gasteiger partial charge in [-0.1, -0.05) is 38.1 Å². The molecule has 1 atom stereocenters. The first-order valence-electron chi connectivity index (χ1n) is 7.75. The molecule has 0 fully saturated rings. The van der Waals surface area contributed by atoms with E-state index in [1.165, 1.54) is 17.7 Å². The molecule has 0 spiro atoms. The third kappa shape index (κ3) is 3.07. The highest BCUT2D eigenvalue weighted by atomic mass is 19.1. The van der Waals surface area contributed by atoms with Gasteiger partial charge in [0.25, 0.3) is 0 Å². The first-order valence-corrected chi connectivity index (χ1v) is 7.75. The van der Waals surface area contributed by atoms with Crippen LogP contribution in [-0.2, 0) is 6.42 Å². The van der Waals surface area contributed by atoms with Gasteiger partial charge < -0.3 is 10.4 Å². The highest BCUT2D eigenvalue weighted by Gasteiger charge is 2.37. The number of carbonyl (C=O) groups is 1. The maximum atomic E-state index is 13.1. The van der Waals surface area contributed by atoms with Crippen molar-refractivity contribution in [2.75, 3.05) is 0 Å². The average molecular weight is 313 g/mol. The molecule has 0 saturated heterocycles. The lowest BCUT2D eigenvalue weighted by atomic mass is 9.70. The normalized spacial score (nSPS) is 19.0. The molecule has 0 heterocycles. The summed E-state index contributed by atoms with van der Waals surface area (Å²) < 4.78 is 13.1. The third-order valence-corrected chi connectivity index (χ3v) is 4.72. The molecule has 3 nitrogen and oxygen atoms in total. The number of benzene rings is 2. The molecule has 2 aromatic rings. The van der Waals surface area contributed by atoms with Crippen molar-refractivity contribution in [3.05, 3.63) is 59.4 Å². The van der Waals surface area contributed by atoms with Crippen LogP contribution in [0.1, 0.15) is 37.4 Å². The van der Waals surface area contributed by atoms with Gasteiger partial charge in [-0.05, 0) is 58.7 Å². The first-order chi connectivity index (χ1) is 10.9. The maximum absolute atomic E-state index is 13.1. The van der Waals surface area contributed by atoms with Gasteiger partial charge in [0.1, 0.15) is 5.82 Å². The molecule has 2 aromatic carbocycles. The second-order valence-corrected chi connectivity index (χ2v) is 6.79. The lowest BCUT2D eigenvalue weighted by molar-refractivity contribution is 0.161. The molecule has 4 heteroatoms. The molecule has 0 bridgehead atoms. The van der Waals surface area contributed by atoms with Crippen LogP contribution in [-0.4, -0.2) is 11.2 Å². The van der Waals surface area contributed by atoms with Crippen molar-refractivity contribution in [2.45, 2.75) is 32.7 Å². The van der Waals surface area contributed by atoms with Crippen LogP contribution in [0.25, 0.3) is 11.1 Å². The average Bonchev–Trinajstić information content (AvgIpc) is 2.50. The zero-order valence-electron chi connectivity index (χ0n) is 13.3. The summed E-state index contributed by atoms with van der Waals surface area (Å²) in [4.78, 5) is 11.2. The molecular weight excluding hydrogens is 293 g/mol. The molecule has 120 valence electrons. The van der Waals surface area contributed by atoms with Gasteiger partial charge >= 0.3 is 6.09 Å². The van der Waals surface area contributed by atoms with Crippen LogP contribution >= 0.6 is 0 Å². The van der Waals surface area contributed by atoms with Crippen molar-refractivity contribution in [2.24, 2.45) is 5.41 Å². The maximum Gasteiger partial charge on any atom is 0.405 e. The predicted octanol–water partition coefficient (Wildman–Crippen LogP) is 4.77. The van der Waals surface area contributed by atoms with E-state index in [1.54, 1.807) is 12.1 Å². The summed E-state index contributed by atoms with van der Waals surface area (Å²) in [5.41, 5.74) is 3.94. The van der Waals surface area contributed by atoms with Crippen LogP contribution in [0, 0.1) is 11.2 Å². The molecule has 23 heavy (non-hydrogen) atoms. The summed E-state index contributed by atoms with van der Waals surface area (Å²) in [6.07, 6.45) is 0.855. The largest absolute Gasteiger partial charge is 0.465 e. The van der Waals surface area contributed by atoms with Gasteiger partial charge in [-0.3, -0.25) is 0 Å². The number of fused-ring (bicyclic) bond motifs is 1. The number of amides is 1. The van der Waals surface area contributed by atoms with Crippen LogP contribution in [0.15, 0.2) is 42.5 Å². The van der Waals surface area contributed by atoms with Crippen molar-refractivity contribution in [3.8, 4) is 11.1 Å². The Bertz CT molecular complexity index is 738. The van der Waals surface area contributed by atoms with E-state index in [4.69, 9.17) is 0 Å². The highest BCUT2D eigenvalue weighted by Crippen LogP contribution is 2.44. The van der Waals surface area contributed by atoms with E-state index in [0.29, 0.717) is 0 Å². The molecule has 1 aliphatic rings. The molecule has 0 radical (unpaired) electrons. The molecule has 3 rings (SSSR count). The lowest BCUT2D eigenvalue weighted by Crippen LogP contribution is -2.40. The monoisotopic (exact) mass is 313 g/mol. The summed E-state index contributed by atoms with van der Waals surface area (Å²) in [5.74, 6) is -0.265.